The second kappa shape index (κ2) is 19.4. The highest BCUT2D eigenvalue weighted by molar-refractivity contribution is 6.68. The van der Waals surface area contributed by atoms with Crippen molar-refractivity contribution in [2.24, 2.45) is 0 Å². The van der Waals surface area contributed by atoms with Crippen molar-refractivity contribution in [3.63, 3.8) is 0 Å². The van der Waals surface area contributed by atoms with Gasteiger partial charge in [0, 0.05) is 0 Å². The van der Waals surface area contributed by atoms with Gasteiger partial charge in [-0.1, -0.05) is 145 Å². The van der Waals surface area contributed by atoms with Gasteiger partial charge in [-0.2, -0.15) is 0 Å². The van der Waals surface area contributed by atoms with Crippen LogP contribution in [0.15, 0.2) is 66.7 Å². The maximum absolute atomic E-state index is 6.13. The van der Waals surface area contributed by atoms with E-state index in [4.69, 9.17) is 18.6 Å². The fourth-order valence-corrected chi connectivity index (χ4v) is 7.25. The van der Waals surface area contributed by atoms with Crippen molar-refractivity contribution in [1.82, 2.24) is 0 Å². The molecule has 0 bridgehead atoms. The van der Waals surface area contributed by atoms with E-state index < -0.39 is 0 Å². The van der Waals surface area contributed by atoms with Crippen molar-refractivity contribution in [2.45, 2.75) is 111 Å². The monoisotopic (exact) mass is 634 g/mol. The van der Waals surface area contributed by atoms with E-state index in [2.05, 4.69) is 87.5 Å². The molecule has 2 fully saturated rings. The van der Waals surface area contributed by atoms with E-state index in [1.807, 2.05) is 0 Å². The zero-order valence-corrected chi connectivity index (χ0v) is 29.4. The largest absolute Gasteiger partial charge is 0.494 e. The number of unbranched alkanes of at least 4 members (excludes halogenated alkanes) is 11. The van der Waals surface area contributed by atoms with E-state index in [9.17, 15) is 0 Å². The average molecular weight is 635 g/mol. The molecule has 3 aromatic rings. The quantitative estimate of drug-likeness (QED) is 0.0972. The van der Waals surface area contributed by atoms with Crippen LogP contribution < -0.4 is 5.46 Å². The third kappa shape index (κ3) is 9.50. The van der Waals surface area contributed by atoms with Gasteiger partial charge in [-0.15, -0.1) is 0 Å². The molecular formula is C41H56B2O4. The van der Waals surface area contributed by atoms with Crippen LogP contribution in [0.25, 0.3) is 21.8 Å². The third-order valence-corrected chi connectivity index (χ3v) is 9.72. The van der Waals surface area contributed by atoms with Crippen LogP contribution in [0.3, 0.4) is 0 Å². The van der Waals surface area contributed by atoms with Gasteiger partial charge in [0.25, 0.3) is 0 Å². The number of hydrogen-bond donors (Lipinski definition) is 0. The van der Waals surface area contributed by atoms with Crippen LogP contribution in [-0.2, 0) is 25.0 Å². The molecule has 0 atom stereocenters. The first kappa shape index (κ1) is 35.7. The Bertz CT molecular complexity index is 1450. The van der Waals surface area contributed by atoms with Crippen molar-refractivity contribution in [2.75, 3.05) is 26.4 Å². The summed E-state index contributed by atoms with van der Waals surface area (Å²) in [6.07, 6.45) is 22.2. The van der Waals surface area contributed by atoms with Crippen molar-refractivity contribution in [3.8, 4) is 0 Å². The Morgan fingerprint density at radius 1 is 0.660 bits per heavy atom. The summed E-state index contributed by atoms with van der Waals surface area (Å²) in [5.41, 5.74) is 8.79. The summed E-state index contributed by atoms with van der Waals surface area (Å²) in [6.45, 7) is 9.22. The molecule has 2 saturated heterocycles. The van der Waals surface area contributed by atoms with Gasteiger partial charge in [-0.05, 0) is 82.1 Å². The minimum atomic E-state index is -0.334. The van der Waals surface area contributed by atoms with Gasteiger partial charge in [-0.25, -0.2) is 0 Å². The molecule has 3 aromatic carbocycles. The summed E-state index contributed by atoms with van der Waals surface area (Å²) in [7, 11) is -0.647. The fraction of sp³-hybridized carbons (Fsp3) is 0.512. The Hall–Kier alpha value is -2.63. The molecule has 250 valence electrons. The number of aryl methyl sites for hydroxylation is 1. The topological polar surface area (TPSA) is 36.9 Å². The van der Waals surface area contributed by atoms with Crippen molar-refractivity contribution in [3.05, 3.63) is 89.0 Å². The van der Waals surface area contributed by atoms with Gasteiger partial charge >= 0.3 is 14.2 Å². The molecule has 2 heterocycles. The number of benzene rings is 3. The van der Waals surface area contributed by atoms with E-state index in [0.29, 0.717) is 26.4 Å². The second-order valence-electron chi connectivity index (χ2n) is 13.2. The summed E-state index contributed by atoms with van der Waals surface area (Å²) in [4.78, 5) is 0. The Morgan fingerprint density at radius 3 is 1.91 bits per heavy atom. The summed E-state index contributed by atoms with van der Waals surface area (Å²) >= 11 is 0. The molecule has 0 aromatic heterocycles. The summed E-state index contributed by atoms with van der Waals surface area (Å²) in [6, 6.07) is 20.2. The van der Waals surface area contributed by atoms with E-state index in [1.165, 1.54) is 116 Å². The van der Waals surface area contributed by atoms with Gasteiger partial charge in [-0.3, -0.25) is 0 Å². The molecule has 0 N–H and O–H groups in total. The van der Waals surface area contributed by atoms with Gasteiger partial charge < -0.3 is 18.6 Å². The third-order valence-electron chi connectivity index (χ3n) is 9.72. The lowest BCUT2D eigenvalue weighted by Crippen LogP contribution is -2.33. The molecule has 0 radical (unpaired) electrons. The Labute approximate surface area is 285 Å². The first-order valence-electron chi connectivity index (χ1n) is 18.7. The van der Waals surface area contributed by atoms with Crippen molar-refractivity contribution in [1.29, 1.82) is 0 Å². The lowest BCUT2D eigenvalue weighted by Gasteiger charge is -2.23. The summed E-state index contributed by atoms with van der Waals surface area (Å²) in [5.74, 6) is 0. The molecule has 47 heavy (non-hydrogen) atoms. The maximum Gasteiger partial charge on any atom is 0.494 e. The van der Waals surface area contributed by atoms with E-state index in [1.54, 1.807) is 0 Å². The van der Waals surface area contributed by atoms with Gasteiger partial charge in [0.15, 0.2) is 0 Å². The van der Waals surface area contributed by atoms with E-state index >= 15 is 0 Å². The lowest BCUT2D eigenvalue weighted by molar-refractivity contribution is 0.365. The predicted octanol–water partition coefficient (Wildman–Crippen LogP) is 10.1. The zero-order chi connectivity index (χ0) is 32.7. The molecule has 0 spiro atoms. The van der Waals surface area contributed by atoms with Gasteiger partial charge in [0.1, 0.15) is 0 Å². The molecule has 4 nitrogen and oxygen atoms in total. The molecule has 2 aliphatic rings. The van der Waals surface area contributed by atoms with Crippen LogP contribution in [0.4, 0.5) is 0 Å². The minimum absolute atomic E-state index is 0.314. The normalized spacial score (nSPS) is 15.8. The van der Waals surface area contributed by atoms with Gasteiger partial charge in [0.2, 0.25) is 0 Å². The average Bonchev–Trinajstić information content (AvgIpc) is 3.84. The zero-order valence-electron chi connectivity index (χ0n) is 29.4. The number of hydrogen-bond acceptors (Lipinski definition) is 4. The molecule has 0 unspecified atom stereocenters. The van der Waals surface area contributed by atoms with Crippen LogP contribution >= 0.6 is 0 Å². The lowest BCUT2D eigenvalue weighted by atomic mass is 9.70. The van der Waals surface area contributed by atoms with E-state index in [0.717, 1.165) is 23.8 Å². The molecular weight excluding hydrogens is 578 g/mol. The van der Waals surface area contributed by atoms with E-state index in [-0.39, 0.29) is 14.2 Å². The molecule has 0 aliphatic carbocycles. The summed E-state index contributed by atoms with van der Waals surface area (Å²) in [5, 5.41) is 2.50. The minimum Gasteiger partial charge on any atom is -0.405 e. The molecule has 6 heteroatoms. The van der Waals surface area contributed by atoms with Crippen LogP contribution in [0.1, 0.15) is 126 Å². The number of fused-ring (bicyclic) bond motifs is 1. The first-order chi connectivity index (χ1) is 23.3. The molecule has 2 aliphatic heterocycles. The second-order valence-corrected chi connectivity index (χ2v) is 13.2. The standard InChI is InChI=1S/C41H56B2O4/c1-4-7-9-11-13-15-17-26-37(34-23-18-19-24-35(34)39(6-3)42-44-28-29-45-42)41-33(22-16-14-12-10-8-5-2)32-40(43-46-30-31-47-43)36-25-20-21-27-38(36)41/h6,18-21,23-27,32H,4-5,7-17,22,28-31H2,1-3H3/b37-26?,39-6+. The Morgan fingerprint density at radius 2 is 1.23 bits per heavy atom. The smallest absolute Gasteiger partial charge is 0.405 e. The fourth-order valence-electron chi connectivity index (χ4n) is 7.25. The molecule has 5 rings (SSSR count). The Balaban J connectivity index is 1.62. The van der Waals surface area contributed by atoms with Gasteiger partial charge in [0.05, 0.1) is 26.4 Å². The van der Waals surface area contributed by atoms with Crippen LogP contribution in [0.2, 0.25) is 0 Å². The van der Waals surface area contributed by atoms with Crippen LogP contribution in [-0.4, -0.2) is 40.7 Å². The molecule has 0 saturated carbocycles. The molecule has 0 amide bonds. The predicted molar refractivity (Wildman–Crippen MR) is 201 cm³/mol. The SMILES string of the molecule is C/C=C(/B1OCCO1)c1ccccc1C(=CCCCCCCCC)c1c(CCCCCCCC)cc(B2OCCO2)c2ccccc12. The Kier molecular flexibility index (Phi) is 14.7. The van der Waals surface area contributed by atoms with Crippen molar-refractivity contribution < 1.29 is 18.6 Å². The highest BCUT2D eigenvalue weighted by Gasteiger charge is 2.33. The number of rotatable bonds is 19. The highest BCUT2D eigenvalue weighted by atomic mass is 16.6. The van der Waals surface area contributed by atoms with Crippen molar-refractivity contribution >= 4 is 41.5 Å². The number of allylic oxidation sites excluding steroid dienone is 2. The van der Waals surface area contributed by atoms with Crippen LogP contribution in [0.5, 0.6) is 0 Å². The van der Waals surface area contributed by atoms with Crippen LogP contribution in [0, 0.1) is 0 Å². The first-order valence-corrected chi connectivity index (χ1v) is 18.7. The summed E-state index contributed by atoms with van der Waals surface area (Å²) < 4.78 is 24.4. The highest BCUT2D eigenvalue weighted by Crippen LogP contribution is 2.38. The maximum atomic E-state index is 6.13.